The average molecular weight is 490 g/mol. The molecule has 5 rings (SSSR count). The number of hydrogen-bond acceptors (Lipinski definition) is 5. The summed E-state index contributed by atoms with van der Waals surface area (Å²) < 4.78 is 5.21. The molecule has 1 aromatic rings. The van der Waals surface area contributed by atoms with Crippen molar-refractivity contribution in [2.24, 2.45) is 23.2 Å². The third-order valence-corrected chi connectivity index (χ3v) is 9.71. The number of rotatable bonds is 6. The normalized spacial score (nSPS) is 31.2. The molecule has 0 amide bonds. The van der Waals surface area contributed by atoms with Gasteiger partial charge in [0.25, 0.3) is 0 Å². The van der Waals surface area contributed by atoms with E-state index in [-0.39, 0.29) is 41.4 Å². The molecule has 36 heavy (non-hydrogen) atoms. The van der Waals surface area contributed by atoms with Crippen LogP contribution in [0, 0.1) is 23.2 Å². The number of nitrogens with zero attached hydrogens (tertiary/aromatic N) is 1. The molecule has 2 saturated carbocycles. The molecule has 192 valence electrons. The Bertz CT molecular complexity index is 1130. The second-order valence-electron chi connectivity index (χ2n) is 11.7. The third kappa shape index (κ3) is 4.25. The van der Waals surface area contributed by atoms with E-state index in [0.29, 0.717) is 18.3 Å². The summed E-state index contributed by atoms with van der Waals surface area (Å²) in [6, 6.07) is 8.42. The molecule has 0 saturated heterocycles. The highest BCUT2D eigenvalue weighted by Crippen LogP contribution is 2.62. The van der Waals surface area contributed by atoms with Gasteiger partial charge in [-0.25, -0.2) is 0 Å². The van der Waals surface area contributed by atoms with Gasteiger partial charge in [0.1, 0.15) is 6.61 Å². The topological polar surface area (TPSA) is 63.7 Å². The number of carbonyl (C=O) groups excluding carboxylic acids is 3. The summed E-state index contributed by atoms with van der Waals surface area (Å²) in [5.41, 5.74) is 6.46. The molecule has 4 aliphatic rings. The predicted molar refractivity (Wildman–Crippen MR) is 141 cm³/mol. The van der Waals surface area contributed by atoms with E-state index in [4.69, 9.17) is 4.74 Å². The molecule has 0 aliphatic heterocycles. The number of esters is 1. The monoisotopic (exact) mass is 489 g/mol. The Labute approximate surface area is 215 Å². The van der Waals surface area contributed by atoms with E-state index >= 15 is 0 Å². The van der Waals surface area contributed by atoms with Crippen LogP contribution in [-0.4, -0.2) is 38.2 Å². The van der Waals surface area contributed by atoms with Crippen molar-refractivity contribution in [1.82, 2.24) is 0 Å². The molecule has 2 fully saturated rings. The zero-order valence-electron chi connectivity index (χ0n) is 22.1. The van der Waals surface area contributed by atoms with Crippen molar-refractivity contribution in [3.05, 3.63) is 52.6 Å². The van der Waals surface area contributed by atoms with E-state index in [9.17, 15) is 14.4 Å². The Morgan fingerprint density at radius 2 is 1.83 bits per heavy atom. The van der Waals surface area contributed by atoms with Crippen LogP contribution in [-0.2, 0) is 19.1 Å². The van der Waals surface area contributed by atoms with Crippen molar-refractivity contribution in [3.8, 4) is 0 Å². The molecule has 5 nitrogen and oxygen atoms in total. The number of allylic oxidation sites excluding steroid dienone is 4. The summed E-state index contributed by atoms with van der Waals surface area (Å²) in [5, 5.41) is 0. The van der Waals surface area contributed by atoms with Crippen LogP contribution in [0.25, 0.3) is 0 Å². The second-order valence-corrected chi connectivity index (χ2v) is 11.7. The Kier molecular flexibility index (Phi) is 6.69. The Morgan fingerprint density at radius 3 is 2.53 bits per heavy atom. The van der Waals surface area contributed by atoms with Crippen LogP contribution in [0.2, 0.25) is 0 Å². The molecule has 0 radical (unpaired) electrons. The highest BCUT2D eigenvalue weighted by molar-refractivity contribution is 5.98. The van der Waals surface area contributed by atoms with E-state index in [1.165, 1.54) is 11.1 Å². The Balaban J connectivity index is 1.38. The van der Waals surface area contributed by atoms with E-state index < -0.39 is 0 Å². The van der Waals surface area contributed by atoms with Crippen LogP contribution in [0.15, 0.2) is 47.1 Å². The molecular formula is C31H39NO4. The lowest BCUT2D eigenvalue weighted by Crippen LogP contribution is -2.43. The maximum absolute atomic E-state index is 13.1. The van der Waals surface area contributed by atoms with Crippen LogP contribution in [0.4, 0.5) is 5.69 Å². The van der Waals surface area contributed by atoms with Gasteiger partial charge in [-0.1, -0.05) is 31.6 Å². The van der Waals surface area contributed by atoms with Gasteiger partial charge in [0.15, 0.2) is 11.6 Å². The van der Waals surface area contributed by atoms with E-state index in [1.54, 1.807) is 12.5 Å². The minimum atomic E-state index is -0.303. The maximum atomic E-state index is 13.1. The molecule has 0 bridgehead atoms. The number of fused-ring (bicyclic) bond motifs is 4. The van der Waals surface area contributed by atoms with Gasteiger partial charge in [0.05, 0.1) is 5.92 Å². The lowest BCUT2D eigenvalue weighted by atomic mass is 9.55. The van der Waals surface area contributed by atoms with Gasteiger partial charge in [-0.05, 0) is 97.1 Å². The van der Waals surface area contributed by atoms with Crippen LogP contribution >= 0.6 is 0 Å². The molecule has 4 aliphatic carbocycles. The second kappa shape index (κ2) is 9.64. The van der Waals surface area contributed by atoms with Crippen LogP contribution < -0.4 is 4.90 Å². The maximum Gasteiger partial charge on any atom is 0.305 e. The predicted octanol–water partition coefficient (Wildman–Crippen LogP) is 5.79. The standard InChI is InChI=1S/C31H39NO4/c1-5-30(35)36-18-29(34)27-13-12-26-23-11-8-20-16-28(33)25(19-6-9-21(10-7-19)32(3)4)17-24(20)22(23)14-15-31(26,27)2/h6-7,9-10,16,23,25-27H,5,8,11-15,17-18H2,1-4H3/t23-,25?,26+,27-,31+/m1/s1. The molecule has 0 aromatic heterocycles. The summed E-state index contributed by atoms with van der Waals surface area (Å²) in [6.45, 7) is 3.98. The quantitative estimate of drug-likeness (QED) is 0.473. The van der Waals surface area contributed by atoms with Gasteiger partial charge >= 0.3 is 5.97 Å². The first-order chi connectivity index (χ1) is 17.2. The van der Waals surface area contributed by atoms with Gasteiger partial charge in [-0.15, -0.1) is 0 Å². The fourth-order valence-electron chi connectivity index (χ4n) is 7.70. The van der Waals surface area contributed by atoms with Crippen molar-refractivity contribution in [3.63, 3.8) is 0 Å². The smallest absolute Gasteiger partial charge is 0.305 e. The number of ether oxygens (including phenoxy) is 1. The fraction of sp³-hybridized carbons (Fsp3) is 0.581. The van der Waals surface area contributed by atoms with Crippen LogP contribution in [0.3, 0.4) is 0 Å². The first-order valence-corrected chi connectivity index (χ1v) is 13.6. The largest absolute Gasteiger partial charge is 0.458 e. The number of Topliss-reactive ketones (excluding diaryl/α,β-unsaturated/α-hetero) is 1. The van der Waals surface area contributed by atoms with Crippen molar-refractivity contribution in [2.45, 2.75) is 71.1 Å². The zero-order chi connectivity index (χ0) is 25.6. The number of ketones is 2. The average Bonchev–Trinajstić information content (AvgIpc) is 3.23. The minimum absolute atomic E-state index is 0.0217. The third-order valence-electron chi connectivity index (χ3n) is 9.71. The van der Waals surface area contributed by atoms with Crippen molar-refractivity contribution < 1.29 is 19.1 Å². The number of benzene rings is 1. The number of hydrogen-bond donors (Lipinski definition) is 0. The molecule has 5 atom stereocenters. The first kappa shape index (κ1) is 25.0. The van der Waals surface area contributed by atoms with E-state index in [0.717, 1.165) is 56.2 Å². The molecular weight excluding hydrogens is 450 g/mol. The van der Waals surface area contributed by atoms with E-state index in [1.807, 2.05) is 20.2 Å². The fourth-order valence-corrected chi connectivity index (χ4v) is 7.70. The van der Waals surface area contributed by atoms with Gasteiger partial charge in [-0.3, -0.25) is 14.4 Å². The molecule has 0 spiro atoms. The lowest BCUT2D eigenvalue weighted by molar-refractivity contribution is -0.150. The summed E-state index contributed by atoms with van der Waals surface area (Å²) in [5.74, 6) is 0.886. The van der Waals surface area contributed by atoms with Crippen LogP contribution in [0.5, 0.6) is 0 Å². The molecule has 5 heteroatoms. The van der Waals surface area contributed by atoms with Crippen LogP contribution in [0.1, 0.15) is 76.7 Å². The molecule has 0 N–H and O–H groups in total. The minimum Gasteiger partial charge on any atom is -0.458 e. The van der Waals surface area contributed by atoms with Crippen molar-refractivity contribution >= 4 is 23.2 Å². The number of carbonyl (C=O) groups is 3. The van der Waals surface area contributed by atoms with Gasteiger partial charge in [0.2, 0.25) is 0 Å². The molecule has 1 unspecified atom stereocenters. The van der Waals surface area contributed by atoms with E-state index in [2.05, 4.69) is 36.1 Å². The van der Waals surface area contributed by atoms with Crippen molar-refractivity contribution in [1.29, 1.82) is 0 Å². The highest BCUT2D eigenvalue weighted by atomic mass is 16.5. The Morgan fingerprint density at radius 1 is 1.08 bits per heavy atom. The van der Waals surface area contributed by atoms with Gasteiger partial charge in [0, 0.05) is 32.1 Å². The Hall–Kier alpha value is -2.69. The summed E-state index contributed by atoms with van der Waals surface area (Å²) >= 11 is 0. The first-order valence-electron chi connectivity index (χ1n) is 13.6. The molecule has 0 heterocycles. The zero-order valence-corrected chi connectivity index (χ0v) is 22.1. The SMILES string of the molecule is CCC(=O)OCC(=O)[C@H]1CC[C@H]2[C@@H]3CCC4=CC(=O)C(c5ccc(N(C)C)cc5)CC4=C3CC[C@]12C. The molecule has 1 aromatic carbocycles. The summed E-state index contributed by atoms with van der Waals surface area (Å²) in [6.07, 6.45) is 9.02. The van der Waals surface area contributed by atoms with Crippen molar-refractivity contribution in [2.75, 3.05) is 25.6 Å². The van der Waals surface area contributed by atoms with Gasteiger partial charge in [-0.2, -0.15) is 0 Å². The number of anilines is 1. The highest BCUT2D eigenvalue weighted by Gasteiger charge is 2.55. The summed E-state index contributed by atoms with van der Waals surface area (Å²) in [7, 11) is 4.06. The summed E-state index contributed by atoms with van der Waals surface area (Å²) in [4.78, 5) is 39.9. The van der Waals surface area contributed by atoms with Gasteiger partial charge < -0.3 is 9.64 Å². The lowest BCUT2D eigenvalue weighted by Gasteiger charge is -2.49.